The van der Waals surface area contributed by atoms with Crippen LogP contribution in [0.1, 0.15) is 45.1 Å². The van der Waals surface area contributed by atoms with E-state index in [0.717, 1.165) is 5.56 Å². The number of carboxylic acids is 1. The number of aliphatic carboxylic acids is 1. The second-order valence-electron chi connectivity index (χ2n) is 7.23. The molecule has 0 aliphatic carbocycles. The minimum Gasteiger partial charge on any atom is -0.481 e. The molecule has 0 spiro atoms. The number of ether oxygens (including phenoxy) is 1. The summed E-state index contributed by atoms with van der Waals surface area (Å²) in [4.78, 5) is 25.0. The molecule has 1 aromatic rings. The minimum atomic E-state index is -0.904. The van der Waals surface area contributed by atoms with Gasteiger partial charge in [-0.2, -0.15) is 0 Å². The van der Waals surface area contributed by atoms with Gasteiger partial charge < -0.3 is 14.7 Å². The Morgan fingerprint density at radius 2 is 1.92 bits per heavy atom. The summed E-state index contributed by atoms with van der Waals surface area (Å²) in [7, 11) is 0. The molecule has 0 saturated carbocycles. The van der Waals surface area contributed by atoms with Gasteiger partial charge in [0, 0.05) is 13.1 Å². The Balaban J connectivity index is 2.13. The van der Waals surface area contributed by atoms with Crippen molar-refractivity contribution in [2.24, 2.45) is 5.92 Å². The van der Waals surface area contributed by atoms with Gasteiger partial charge in [-0.3, -0.25) is 4.79 Å². The number of hydrogen-bond donors (Lipinski definition) is 1. The van der Waals surface area contributed by atoms with Gasteiger partial charge >= 0.3 is 12.1 Å². The predicted molar refractivity (Wildman–Crippen MR) is 87.3 cm³/mol. The number of rotatable bonds is 3. The number of benzene rings is 1. The van der Waals surface area contributed by atoms with E-state index in [1.165, 1.54) is 12.1 Å². The van der Waals surface area contributed by atoms with E-state index in [1.54, 1.807) is 37.8 Å². The van der Waals surface area contributed by atoms with Gasteiger partial charge in [-0.05, 0) is 56.7 Å². The molecule has 24 heavy (non-hydrogen) atoms. The largest absolute Gasteiger partial charge is 0.481 e. The summed E-state index contributed by atoms with van der Waals surface area (Å²) in [6.07, 6.45) is 0.167. The Morgan fingerprint density at radius 1 is 1.29 bits per heavy atom. The zero-order valence-corrected chi connectivity index (χ0v) is 14.3. The third-order valence-corrected chi connectivity index (χ3v) is 4.12. The molecule has 1 aliphatic heterocycles. The topological polar surface area (TPSA) is 66.8 Å². The van der Waals surface area contributed by atoms with Crippen LogP contribution < -0.4 is 0 Å². The SMILES string of the molecule is CC(C)(C)OC(=O)N1CCC(c2ccc(F)cc2)C(CC(=O)O)C1. The maximum atomic E-state index is 13.1. The van der Waals surface area contributed by atoms with Gasteiger partial charge in [-0.25, -0.2) is 9.18 Å². The van der Waals surface area contributed by atoms with Crippen LogP contribution in [0.5, 0.6) is 0 Å². The second kappa shape index (κ2) is 7.20. The van der Waals surface area contributed by atoms with E-state index in [9.17, 15) is 19.1 Å². The van der Waals surface area contributed by atoms with Crippen molar-refractivity contribution in [2.75, 3.05) is 13.1 Å². The lowest BCUT2D eigenvalue weighted by Crippen LogP contribution is -2.45. The highest BCUT2D eigenvalue weighted by atomic mass is 19.1. The number of carboxylic acid groups (broad SMARTS) is 1. The number of piperidine rings is 1. The molecule has 5 nitrogen and oxygen atoms in total. The summed E-state index contributed by atoms with van der Waals surface area (Å²) in [5, 5.41) is 9.19. The van der Waals surface area contributed by atoms with Crippen molar-refractivity contribution in [3.63, 3.8) is 0 Å². The summed E-state index contributed by atoms with van der Waals surface area (Å²) >= 11 is 0. The van der Waals surface area contributed by atoms with E-state index < -0.39 is 17.7 Å². The van der Waals surface area contributed by atoms with Crippen LogP contribution >= 0.6 is 0 Å². The molecule has 1 amide bonds. The Labute approximate surface area is 141 Å². The van der Waals surface area contributed by atoms with Gasteiger partial charge in [0.25, 0.3) is 0 Å². The molecule has 0 radical (unpaired) electrons. The first-order chi connectivity index (χ1) is 11.2. The van der Waals surface area contributed by atoms with Gasteiger partial charge in [0.1, 0.15) is 11.4 Å². The van der Waals surface area contributed by atoms with Gasteiger partial charge in [0.05, 0.1) is 6.42 Å². The molecule has 0 aromatic heterocycles. The highest BCUT2D eigenvalue weighted by Gasteiger charge is 2.35. The molecule has 2 unspecified atom stereocenters. The molecule has 1 aliphatic rings. The highest BCUT2D eigenvalue weighted by Crippen LogP contribution is 2.35. The van der Waals surface area contributed by atoms with Crippen LogP contribution in [0.2, 0.25) is 0 Å². The predicted octanol–water partition coefficient (Wildman–Crippen LogP) is 3.64. The van der Waals surface area contributed by atoms with E-state index in [1.807, 2.05) is 0 Å². The quantitative estimate of drug-likeness (QED) is 0.914. The number of nitrogens with zero attached hydrogens (tertiary/aromatic N) is 1. The van der Waals surface area contributed by atoms with E-state index in [4.69, 9.17) is 4.74 Å². The molecule has 2 rings (SSSR count). The molecule has 1 N–H and O–H groups in total. The van der Waals surface area contributed by atoms with Crippen molar-refractivity contribution in [1.82, 2.24) is 4.90 Å². The van der Waals surface area contributed by atoms with Crippen LogP contribution in [0, 0.1) is 11.7 Å². The summed E-state index contributed by atoms with van der Waals surface area (Å²) in [5.74, 6) is -1.47. The fourth-order valence-electron chi connectivity index (χ4n) is 3.10. The van der Waals surface area contributed by atoms with Crippen LogP contribution in [0.4, 0.5) is 9.18 Å². The van der Waals surface area contributed by atoms with Crippen molar-refractivity contribution in [1.29, 1.82) is 0 Å². The fraction of sp³-hybridized carbons (Fsp3) is 0.556. The Morgan fingerprint density at radius 3 is 2.46 bits per heavy atom. The molecular formula is C18H24FNO4. The van der Waals surface area contributed by atoms with Gasteiger partial charge in [-0.1, -0.05) is 12.1 Å². The zero-order chi connectivity index (χ0) is 17.9. The maximum absolute atomic E-state index is 13.1. The average molecular weight is 337 g/mol. The molecule has 1 heterocycles. The van der Waals surface area contributed by atoms with Crippen molar-refractivity contribution in [3.8, 4) is 0 Å². The van der Waals surface area contributed by atoms with Crippen LogP contribution in [-0.2, 0) is 9.53 Å². The number of carbonyl (C=O) groups excluding carboxylic acids is 1. The molecular weight excluding hydrogens is 313 g/mol. The lowest BCUT2D eigenvalue weighted by molar-refractivity contribution is -0.138. The normalized spacial score (nSPS) is 21.4. The molecule has 1 fully saturated rings. The fourth-order valence-corrected chi connectivity index (χ4v) is 3.10. The zero-order valence-electron chi connectivity index (χ0n) is 14.3. The summed E-state index contributed by atoms with van der Waals surface area (Å²) in [5.41, 5.74) is 0.319. The Kier molecular flexibility index (Phi) is 5.47. The highest BCUT2D eigenvalue weighted by molar-refractivity contribution is 5.69. The van der Waals surface area contributed by atoms with Crippen LogP contribution in [0.15, 0.2) is 24.3 Å². The molecule has 0 bridgehead atoms. The van der Waals surface area contributed by atoms with E-state index in [2.05, 4.69) is 0 Å². The summed E-state index contributed by atoms with van der Waals surface area (Å²) < 4.78 is 18.5. The first-order valence-corrected chi connectivity index (χ1v) is 8.11. The molecule has 6 heteroatoms. The van der Waals surface area contributed by atoms with Gasteiger partial charge in [-0.15, -0.1) is 0 Å². The minimum absolute atomic E-state index is 0.0135. The lowest BCUT2D eigenvalue weighted by Gasteiger charge is -2.38. The maximum Gasteiger partial charge on any atom is 0.410 e. The third-order valence-electron chi connectivity index (χ3n) is 4.12. The monoisotopic (exact) mass is 337 g/mol. The molecule has 1 saturated heterocycles. The number of halogens is 1. The van der Waals surface area contributed by atoms with Gasteiger partial charge in [0.15, 0.2) is 0 Å². The average Bonchev–Trinajstić information content (AvgIpc) is 2.46. The molecule has 1 aromatic carbocycles. The number of likely N-dealkylation sites (tertiary alicyclic amines) is 1. The van der Waals surface area contributed by atoms with Crippen molar-refractivity contribution in [2.45, 2.75) is 45.1 Å². The lowest BCUT2D eigenvalue weighted by atomic mass is 9.79. The third kappa shape index (κ3) is 4.94. The van der Waals surface area contributed by atoms with Crippen molar-refractivity contribution in [3.05, 3.63) is 35.6 Å². The second-order valence-corrected chi connectivity index (χ2v) is 7.23. The summed E-state index contributed by atoms with van der Waals surface area (Å²) in [6.45, 7) is 6.21. The van der Waals surface area contributed by atoms with Crippen LogP contribution in [-0.4, -0.2) is 40.8 Å². The smallest absolute Gasteiger partial charge is 0.410 e. The first kappa shape index (κ1) is 18.2. The van der Waals surface area contributed by atoms with Crippen LogP contribution in [0.3, 0.4) is 0 Å². The first-order valence-electron chi connectivity index (χ1n) is 8.11. The Hall–Kier alpha value is -2.11. The molecule has 132 valence electrons. The van der Waals surface area contributed by atoms with E-state index in [-0.39, 0.29) is 24.1 Å². The standard InChI is InChI=1S/C18H24FNO4/c1-18(2,3)24-17(23)20-9-8-15(13(11-20)10-16(21)22)12-4-6-14(19)7-5-12/h4-7,13,15H,8-11H2,1-3H3,(H,21,22). The molecule has 2 atom stereocenters. The van der Waals surface area contributed by atoms with Crippen molar-refractivity contribution >= 4 is 12.1 Å². The van der Waals surface area contributed by atoms with Crippen molar-refractivity contribution < 1.29 is 23.8 Å². The number of carbonyl (C=O) groups is 2. The van der Waals surface area contributed by atoms with E-state index in [0.29, 0.717) is 19.5 Å². The Bertz CT molecular complexity index is 594. The number of amides is 1. The van der Waals surface area contributed by atoms with E-state index >= 15 is 0 Å². The number of hydrogen-bond acceptors (Lipinski definition) is 3. The van der Waals surface area contributed by atoms with Gasteiger partial charge in [0.2, 0.25) is 0 Å². The summed E-state index contributed by atoms with van der Waals surface area (Å²) in [6, 6.07) is 6.15. The van der Waals surface area contributed by atoms with Crippen LogP contribution in [0.25, 0.3) is 0 Å².